The van der Waals surface area contributed by atoms with E-state index in [-0.39, 0.29) is 0 Å². The van der Waals surface area contributed by atoms with E-state index in [2.05, 4.69) is 10.6 Å². The predicted molar refractivity (Wildman–Crippen MR) is 119 cm³/mol. The van der Waals surface area contributed by atoms with Crippen molar-refractivity contribution in [1.29, 1.82) is 0 Å². The van der Waals surface area contributed by atoms with E-state index in [4.69, 9.17) is 23.7 Å². The van der Waals surface area contributed by atoms with E-state index in [1.54, 1.807) is 35.5 Å². The van der Waals surface area contributed by atoms with Crippen LogP contribution >= 0.6 is 0 Å². The minimum Gasteiger partial charge on any atom is -0.497 e. The van der Waals surface area contributed by atoms with Crippen LogP contribution < -0.4 is 34.3 Å². The molecule has 0 fully saturated rings. The zero-order valence-electron chi connectivity index (χ0n) is 17.7. The SMILES string of the molecule is COc1ccc(Nc2cc(OC)c(OC)cc2Nc2ccc(OC)c(OC)c2)cc1. The van der Waals surface area contributed by atoms with Gasteiger partial charge in [-0.05, 0) is 36.4 Å². The van der Waals surface area contributed by atoms with Gasteiger partial charge in [0.1, 0.15) is 5.75 Å². The Kier molecular flexibility index (Phi) is 6.75. The molecule has 0 aromatic heterocycles. The van der Waals surface area contributed by atoms with Crippen molar-refractivity contribution in [2.45, 2.75) is 0 Å². The van der Waals surface area contributed by atoms with Gasteiger partial charge in [-0.3, -0.25) is 0 Å². The Morgan fingerprint density at radius 1 is 0.467 bits per heavy atom. The molecule has 3 rings (SSSR count). The van der Waals surface area contributed by atoms with Crippen molar-refractivity contribution in [3.8, 4) is 28.7 Å². The van der Waals surface area contributed by atoms with Gasteiger partial charge < -0.3 is 34.3 Å². The topological polar surface area (TPSA) is 70.2 Å². The van der Waals surface area contributed by atoms with E-state index >= 15 is 0 Å². The molecule has 0 unspecified atom stereocenters. The van der Waals surface area contributed by atoms with Crippen LogP contribution in [0.2, 0.25) is 0 Å². The first-order chi connectivity index (χ1) is 14.6. The second-order valence-corrected chi connectivity index (χ2v) is 6.30. The molecular formula is C23H26N2O5. The van der Waals surface area contributed by atoms with Crippen LogP contribution in [0.25, 0.3) is 0 Å². The molecule has 0 saturated heterocycles. The molecule has 3 aromatic rings. The maximum absolute atomic E-state index is 5.48. The summed E-state index contributed by atoms with van der Waals surface area (Å²) in [5.74, 6) is 3.31. The Balaban J connectivity index is 1.98. The lowest BCUT2D eigenvalue weighted by Crippen LogP contribution is -2.01. The average molecular weight is 410 g/mol. The van der Waals surface area contributed by atoms with Crippen molar-refractivity contribution >= 4 is 22.7 Å². The standard InChI is InChI=1S/C23H26N2O5/c1-26-17-9-6-15(7-10-17)24-18-13-22(29-4)23(30-5)14-19(18)25-16-8-11-20(27-2)21(12-16)28-3/h6-14,24-25H,1-5H3. The Morgan fingerprint density at radius 2 is 0.933 bits per heavy atom. The van der Waals surface area contributed by atoms with Gasteiger partial charge >= 0.3 is 0 Å². The van der Waals surface area contributed by atoms with Gasteiger partial charge in [-0.15, -0.1) is 0 Å². The van der Waals surface area contributed by atoms with Crippen LogP contribution in [0.15, 0.2) is 54.6 Å². The summed E-state index contributed by atoms with van der Waals surface area (Å²) in [6.07, 6.45) is 0. The van der Waals surface area contributed by atoms with Crippen LogP contribution in [0, 0.1) is 0 Å². The quantitative estimate of drug-likeness (QED) is 0.501. The number of benzene rings is 3. The lowest BCUT2D eigenvalue weighted by atomic mass is 10.2. The summed E-state index contributed by atoms with van der Waals surface area (Å²) in [6.45, 7) is 0. The summed E-state index contributed by atoms with van der Waals surface area (Å²) >= 11 is 0. The summed E-state index contributed by atoms with van der Waals surface area (Å²) in [5, 5.41) is 6.82. The highest BCUT2D eigenvalue weighted by atomic mass is 16.5. The molecule has 0 amide bonds. The minimum atomic E-state index is 0.612. The number of ether oxygens (including phenoxy) is 5. The lowest BCUT2D eigenvalue weighted by molar-refractivity contribution is 0.355. The number of methoxy groups -OCH3 is 5. The zero-order chi connectivity index (χ0) is 21.5. The summed E-state index contributed by atoms with van der Waals surface area (Å²) in [4.78, 5) is 0. The molecule has 0 aliphatic rings. The fraction of sp³-hybridized carbons (Fsp3) is 0.217. The minimum absolute atomic E-state index is 0.612. The van der Waals surface area contributed by atoms with Crippen LogP contribution in [0.3, 0.4) is 0 Å². The zero-order valence-corrected chi connectivity index (χ0v) is 17.7. The Bertz CT molecular complexity index is 990. The molecule has 7 nitrogen and oxygen atoms in total. The van der Waals surface area contributed by atoms with Gasteiger partial charge in [-0.1, -0.05) is 0 Å². The monoisotopic (exact) mass is 410 g/mol. The van der Waals surface area contributed by atoms with Gasteiger partial charge in [0.05, 0.1) is 46.9 Å². The molecule has 3 aromatic carbocycles. The highest BCUT2D eigenvalue weighted by Gasteiger charge is 2.13. The maximum Gasteiger partial charge on any atom is 0.162 e. The van der Waals surface area contributed by atoms with E-state index in [1.165, 1.54) is 0 Å². The van der Waals surface area contributed by atoms with Gasteiger partial charge in [-0.2, -0.15) is 0 Å². The molecular weight excluding hydrogens is 384 g/mol. The molecule has 0 saturated carbocycles. The number of rotatable bonds is 9. The Morgan fingerprint density at radius 3 is 1.43 bits per heavy atom. The third-order valence-corrected chi connectivity index (χ3v) is 4.56. The fourth-order valence-electron chi connectivity index (χ4n) is 2.99. The van der Waals surface area contributed by atoms with E-state index in [9.17, 15) is 0 Å². The third kappa shape index (κ3) is 4.63. The molecule has 30 heavy (non-hydrogen) atoms. The van der Waals surface area contributed by atoms with Crippen LogP contribution in [-0.4, -0.2) is 35.5 Å². The molecule has 0 heterocycles. The van der Waals surface area contributed by atoms with Crippen molar-refractivity contribution in [2.24, 2.45) is 0 Å². The molecule has 7 heteroatoms. The number of nitrogens with one attached hydrogen (secondary N) is 2. The van der Waals surface area contributed by atoms with Crippen LogP contribution in [0.5, 0.6) is 28.7 Å². The largest absolute Gasteiger partial charge is 0.497 e. The fourth-order valence-corrected chi connectivity index (χ4v) is 2.99. The second kappa shape index (κ2) is 9.65. The van der Waals surface area contributed by atoms with E-state index < -0.39 is 0 Å². The summed E-state index contributed by atoms with van der Waals surface area (Å²) in [7, 11) is 8.07. The van der Waals surface area contributed by atoms with Crippen molar-refractivity contribution < 1.29 is 23.7 Å². The molecule has 0 spiro atoms. The van der Waals surface area contributed by atoms with Crippen LogP contribution in [0.1, 0.15) is 0 Å². The molecule has 0 aliphatic heterocycles. The molecule has 0 radical (unpaired) electrons. The maximum atomic E-state index is 5.48. The highest BCUT2D eigenvalue weighted by Crippen LogP contribution is 2.40. The number of hydrogen-bond donors (Lipinski definition) is 2. The average Bonchev–Trinajstić information content (AvgIpc) is 2.80. The first-order valence-corrected chi connectivity index (χ1v) is 9.28. The van der Waals surface area contributed by atoms with Gasteiger partial charge in [0.15, 0.2) is 23.0 Å². The van der Waals surface area contributed by atoms with E-state index in [0.717, 1.165) is 28.5 Å². The summed E-state index contributed by atoms with van der Waals surface area (Å²) in [6, 6.07) is 17.1. The van der Waals surface area contributed by atoms with Crippen molar-refractivity contribution in [2.75, 3.05) is 46.2 Å². The Labute approximate surface area is 176 Å². The molecule has 158 valence electrons. The van der Waals surface area contributed by atoms with E-state index in [0.29, 0.717) is 23.0 Å². The highest BCUT2D eigenvalue weighted by molar-refractivity contribution is 5.82. The molecule has 0 atom stereocenters. The van der Waals surface area contributed by atoms with Crippen LogP contribution in [-0.2, 0) is 0 Å². The van der Waals surface area contributed by atoms with Gasteiger partial charge in [0.25, 0.3) is 0 Å². The van der Waals surface area contributed by atoms with E-state index in [1.807, 2.05) is 54.6 Å². The van der Waals surface area contributed by atoms with Crippen molar-refractivity contribution in [3.63, 3.8) is 0 Å². The second-order valence-electron chi connectivity index (χ2n) is 6.30. The Hall–Kier alpha value is -3.74. The van der Waals surface area contributed by atoms with Gasteiger partial charge in [0, 0.05) is 29.6 Å². The normalized spacial score (nSPS) is 10.2. The summed E-state index contributed by atoms with van der Waals surface area (Å²) < 4.78 is 26.9. The number of anilines is 4. The van der Waals surface area contributed by atoms with Crippen LogP contribution in [0.4, 0.5) is 22.7 Å². The predicted octanol–water partition coefficient (Wildman–Crippen LogP) is 5.22. The summed E-state index contributed by atoms with van der Waals surface area (Å²) in [5.41, 5.74) is 3.35. The first kappa shape index (κ1) is 21.0. The van der Waals surface area contributed by atoms with Gasteiger partial charge in [-0.25, -0.2) is 0 Å². The van der Waals surface area contributed by atoms with Crippen molar-refractivity contribution in [3.05, 3.63) is 54.6 Å². The van der Waals surface area contributed by atoms with Gasteiger partial charge in [0.2, 0.25) is 0 Å². The third-order valence-electron chi connectivity index (χ3n) is 4.56. The van der Waals surface area contributed by atoms with Crippen molar-refractivity contribution in [1.82, 2.24) is 0 Å². The lowest BCUT2D eigenvalue weighted by Gasteiger charge is -2.18. The number of hydrogen-bond acceptors (Lipinski definition) is 7. The molecule has 0 bridgehead atoms. The molecule has 0 aliphatic carbocycles. The first-order valence-electron chi connectivity index (χ1n) is 9.28. The molecule has 2 N–H and O–H groups in total. The smallest absolute Gasteiger partial charge is 0.162 e.